The zero-order valence-electron chi connectivity index (χ0n) is 14.1. The van der Waals surface area contributed by atoms with E-state index in [-0.39, 0.29) is 24.0 Å². The van der Waals surface area contributed by atoms with Crippen LogP contribution in [0.3, 0.4) is 0 Å². The molecule has 2 aliphatic rings. The van der Waals surface area contributed by atoms with Crippen LogP contribution >= 0.6 is 11.3 Å². The van der Waals surface area contributed by atoms with E-state index in [4.69, 9.17) is 4.74 Å². The van der Waals surface area contributed by atoms with E-state index in [0.717, 1.165) is 0 Å². The van der Waals surface area contributed by atoms with Crippen molar-refractivity contribution in [3.63, 3.8) is 0 Å². The number of piperidine rings is 1. The smallest absolute Gasteiger partial charge is 0.252 e. The predicted molar refractivity (Wildman–Crippen MR) is 92.4 cm³/mol. The highest BCUT2D eigenvalue weighted by Crippen LogP contribution is 2.27. The second-order valence-corrected chi connectivity index (χ2v) is 9.72. The molecule has 0 bridgehead atoms. The number of hydrogen-bond donors (Lipinski definition) is 0. The molecule has 8 heteroatoms. The summed E-state index contributed by atoms with van der Waals surface area (Å²) in [7, 11) is -3.40. The number of amides is 1. The largest absolute Gasteiger partial charge is 0.372 e. The van der Waals surface area contributed by atoms with Gasteiger partial charge < -0.3 is 9.64 Å². The van der Waals surface area contributed by atoms with Gasteiger partial charge in [-0.3, -0.25) is 4.79 Å². The molecule has 0 aliphatic carbocycles. The predicted octanol–water partition coefficient (Wildman–Crippen LogP) is 1.78. The van der Waals surface area contributed by atoms with E-state index in [9.17, 15) is 13.2 Å². The van der Waals surface area contributed by atoms with Crippen LogP contribution in [-0.2, 0) is 19.6 Å². The van der Waals surface area contributed by atoms with E-state index < -0.39 is 10.0 Å². The van der Waals surface area contributed by atoms with Crippen LogP contribution in [0.5, 0.6) is 0 Å². The van der Waals surface area contributed by atoms with Crippen LogP contribution in [0.1, 0.15) is 26.7 Å². The van der Waals surface area contributed by atoms with Crippen LogP contribution < -0.4 is 0 Å². The Morgan fingerprint density at radius 3 is 2.38 bits per heavy atom. The molecule has 1 amide bonds. The van der Waals surface area contributed by atoms with Crippen molar-refractivity contribution in [3.8, 4) is 0 Å². The summed E-state index contributed by atoms with van der Waals surface area (Å²) >= 11 is 1.24. The maximum atomic E-state index is 12.7. The molecule has 3 rings (SSSR count). The Labute approximate surface area is 147 Å². The van der Waals surface area contributed by atoms with Gasteiger partial charge in [0.15, 0.2) is 0 Å². The van der Waals surface area contributed by atoms with Crippen molar-refractivity contribution in [2.75, 3.05) is 26.2 Å². The quantitative estimate of drug-likeness (QED) is 0.811. The Kier molecular flexibility index (Phi) is 5.29. The SMILES string of the molecule is C[C@@H]1CN(C(=O)C2CCN(S(=O)(=O)c3cccs3)CC2)C[C@@H](C)O1. The number of thiophene rings is 1. The molecule has 1 aromatic heterocycles. The van der Waals surface area contributed by atoms with Crippen LogP contribution in [-0.4, -0.2) is 61.9 Å². The number of sulfonamides is 1. The van der Waals surface area contributed by atoms with E-state index in [0.29, 0.717) is 43.2 Å². The van der Waals surface area contributed by atoms with Crippen molar-refractivity contribution in [2.45, 2.75) is 43.1 Å². The van der Waals surface area contributed by atoms with Crippen molar-refractivity contribution >= 4 is 27.3 Å². The fourth-order valence-electron chi connectivity index (χ4n) is 3.50. The van der Waals surface area contributed by atoms with E-state index in [1.807, 2.05) is 18.7 Å². The third-order valence-corrected chi connectivity index (χ3v) is 7.90. The maximum Gasteiger partial charge on any atom is 0.252 e. The standard InChI is InChI=1S/C16H24N2O4S2/c1-12-10-17(11-13(2)22-12)16(19)14-5-7-18(8-6-14)24(20,21)15-4-3-9-23-15/h3-4,9,12-14H,5-8,10-11H2,1-2H3/t12-,13-/m1/s1. The molecule has 0 unspecified atom stereocenters. The van der Waals surface area contributed by atoms with Crippen molar-refractivity contribution in [2.24, 2.45) is 5.92 Å². The molecular weight excluding hydrogens is 348 g/mol. The highest BCUT2D eigenvalue weighted by atomic mass is 32.2. The first-order valence-electron chi connectivity index (χ1n) is 8.36. The maximum absolute atomic E-state index is 12.7. The summed E-state index contributed by atoms with van der Waals surface area (Å²) in [6, 6.07) is 3.38. The molecule has 2 aliphatic heterocycles. The summed E-state index contributed by atoms with van der Waals surface area (Å²) in [5, 5.41) is 1.77. The molecule has 2 fully saturated rings. The molecule has 0 radical (unpaired) electrons. The van der Waals surface area contributed by atoms with Crippen LogP contribution in [0.25, 0.3) is 0 Å². The summed E-state index contributed by atoms with van der Waals surface area (Å²) in [6.45, 7) is 6.02. The van der Waals surface area contributed by atoms with Crippen LogP contribution in [0.4, 0.5) is 0 Å². The Bertz CT molecular complexity index is 656. The van der Waals surface area contributed by atoms with E-state index in [1.54, 1.807) is 17.5 Å². The lowest BCUT2D eigenvalue weighted by atomic mass is 9.96. The van der Waals surface area contributed by atoms with E-state index >= 15 is 0 Å². The number of carbonyl (C=O) groups excluding carboxylic acids is 1. The van der Waals surface area contributed by atoms with Crippen molar-refractivity contribution < 1.29 is 17.9 Å². The average molecular weight is 373 g/mol. The first-order valence-corrected chi connectivity index (χ1v) is 10.7. The van der Waals surface area contributed by atoms with Gasteiger partial charge in [-0.2, -0.15) is 4.31 Å². The first kappa shape index (κ1) is 17.8. The number of nitrogens with zero attached hydrogens (tertiary/aromatic N) is 2. The third-order valence-electron chi connectivity index (χ3n) is 4.62. The molecule has 0 saturated carbocycles. The molecule has 24 heavy (non-hydrogen) atoms. The number of ether oxygens (including phenoxy) is 1. The number of hydrogen-bond acceptors (Lipinski definition) is 5. The topological polar surface area (TPSA) is 66.9 Å². The summed E-state index contributed by atoms with van der Waals surface area (Å²) in [6.07, 6.45) is 1.28. The molecule has 2 saturated heterocycles. The number of morpholine rings is 1. The van der Waals surface area contributed by atoms with Gasteiger partial charge in [-0.15, -0.1) is 11.3 Å². The molecule has 2 atom stereocenters. The van der Waals surface area contributed by atoms with Crippen molar-refractivity contribution in [3.05, 3.63) is 17.5 Å². The highest BCUT2D eigenvalue weighted by molar-refractivity contribution is 7.91. The number of rotatable bonds is 3. The van der Waals surface area contributed by atoms with Gasteiger partial charge in [-0.1, -0.05) is 6.07 Å². The lowest BCUT2D eigenvalue weighted by Gasteiger charge is -2.39. The summed E-state index contributed by atoms with van der Waals surface area (Å²) in [5.74, 6) is 0.0578. The van der Waals surface area contributed by atoms with E-state index in [2.05, 4.69) is 0 Å². The van der Waals surface area contributed by atoms with E-state index in [1.165, 1.54) is 15.6 Å². The fourth-order valence-corrected chi connectivity index (χ4v) is 6.11. The van der Waals surface area contributed by atoms with Gasteiger partial charge in [0.25, 0.3) is 10.0 Å². The summed E-state index contributed by atoms with van der Waals surface area (Å²) < 4.78 is 32.6. The second-order valence-electron chi connectivity index (χ2n) is 6.61. The molecule has 1 aromatic rings. The summed E-state index contributed by atoms with van der Waals surface area (Å²) in [5.41, 5.74) is 0. The van der Waals surface area contributed by atoms with Gasteiger partial charge in [0.1, 0.15) is 4.21 Å². The second kappa shape index (κ2) is 7.11. The fraction of sp³-hybridized carbons (Fsp3) is 0.688. The van der Waals surface area contributed by atoms with Crippen molar-refractivity contribution in [1.82, 2.24) is 9.21 Å². The van der Waals surface area contributed by atoms with Crippen LogP contribution in [0.2, 0.25) is 0 Å². The molecule has 134 valence electrons. The molecule has 3 heterocycles. The van der Waals surface area contributed by atoms with Crippen molar-refractivity contribution in [1.29, 1.82) is 0 Å². The minimum absolute atomic E-state index is 0.0528. The highest BCUT2D eigenvalue weighted by Gasteiger charge is 2.36. The molecule has 6 nitrogen and oxygen atoms in total. The molecular formula is C16H24N2O4S2. The van der Waals surface area contributed by atoms with Gasteiger partial charge in [0.2, 0.25) is 5.91 Å². The van der Waals surface area contributed by atoms with Gasteiger partial charge in [0, 0.05) is 32.1 Å². The minimum atomic E-state index is -3.40. The zero-order valence-corrected chi connectivity index (χ0v) is 15.7. The van der Waals surface area contributed by atoms with Gasteiger partial charge in [-0.05, 0) is 38.1 Å². The minimum Gasteiger partial charge on any atom is -0.372 e. The lowest BCUT2D eigenvalue weighted by Crippen LogP contribution is -2.51. The Hall–Kier alpha value is -0.960. The Balaban J connectivity index is 1.60. The Morgan fingerprint density at radius 2 is 1.83 bits per heavy atom. The molecule has 0 aromatic carbocycles. The lowest BCUT2D eigenvalue weighted by molar-refractivity contribution is -0.148. The van der Waals surface area contributed by atoms with Crippen LogP contribution in [0.15, 0.2) is 21.7 Å². The molecule has 0 N–H and O–H groups in total. The van der Waals surface area contributed by atoms with Gasteiger partial charge in [0.05, 0.1) is 12.2 Å². The summed E-state index contributed by atoms with van der Waals surface area (Å²) in [4.78, 5) is 14.6. The monoisotopic (exact) mass is 372 g/mol. The number of carbonyl (C=O) groups is 1. The third kappa shape index (κ3) is 3.66. The van der Waals surface area contributed by atoms with Gasteiger partial charge >= 0.3 is 0 Å². The van der Waals surface area contributed by atoms with Crippen LogP contribution in [0, 0.1) is 5.92 Å². The average Bonchev–Trinajstić information content (AvgIpc) is 3.08. The first-order chi connectivity index (χ1) is 11.4. The molecule has 0 spiro atoms. The Morgan fingerprint density at radius 1 is 1.21 bits per heavy atom. The normalized spacial score (nSPS) is 27.3. The zero-order chi connectivity index (χ0) is 17.3. The van der Waals surface area contributed by atoms with Gasteiger partial charge in [-0.25, -0.2) is 8.42 Å².